The average Bonchev–Trinajstić information content (AvgIpc) is 2.60. The summed E-state index contributed by atoms with van der Waals surface area (Å²) in [7, 11) is 0. The number of benzene rings is 1. The number of halogens is 1. The van der Waals surface area contributed by atoms with Gasteiger partial charge in [0.2, 0.25) is 5.91 Å². The van der Waals surface area contributed by atoms with Gasteiger partial charge in [-0.1, -0.05) is 19.9 Å². The molecule has 3 rings (SSSR count). The van der Waals surface area contributed by atoms with Crippen molar-refractivity contribution in [3.05, 3.63) is 57.3 Å². The number of hydrogen-bond acceptors (Lipinski definition) is 4. The van der Waals surface area contributed by atoms with Crippen LogP contribution in [0.25, 0.3) is 0 Å². The van der Waals surface area contributed by atoms with Crippen LogP contribution in [0.5, 0.6) is 0 Å². The molecule has 2 heterocycles. The molecule has 1 saturated heterocycles. The molecule has 1 aliphatic heterocycles. The number of carbonyl (C=O) groups is 1. The summed E-state index contributed by atoms with van der Waals surface area (Å²) in [4.78, 5) is 28.6. The molecule has 1 fully saturated rings. The summed E-state index contributed by atoms with van der Waals surface area (Å²) in [6.07, 6.45) is 2.27. The first-order valence-corrected chi connectivity index (χ1v) is 9.19. The molecule has 1 aliphatic rings. The summed E-state index contributed by atoms with van der Waals surface area (Å²) < 4.78 is 13.3. The summed E-state index contributed by atoms with van der Waals surface area (Å²) >= 11 is 0. The molecule has 1 N–H and O–H groups in total. The third kappa shape index (κ3) is 4.35. The average molecular weight is 372 g/mol. The molecular weight excluding hydrogens is 347 g/mol. The Labute approximate surface area is 158 Å². The van der Waals surface area contributed by atoms with Gasteiger partial charge < -0.3 is 9.80 Å². The Morgan fingerprint density at radius 3 is 2.70 bits per heavy atom. The molecule has 1 amide bonds. The highest BCUT2D eigenvalue weighted by Gasteiger charge is 2.27. The zero-order valence-electron chi connectivity index (χ0n) is 16.0. The van der Waals surface area contributed by atoms with Gasteiger partial charge in [0.15, 0.2) is 0 Å². The van der Waals surface area contributed by atoms with E-state index in [4.69, 9.17) is 0 Å². The lowest BCUT2D eigenvalue weighted by molar-refractivity contribution is -0.131. The molecule has 0 saturated carbocycles. The molecule has 7 heteroatoms. The summed E-state index contributed by atoms with van der Waals surface area (Å²) in [5.74, 6) is 0.0401. The van der Waals surface area contributed by atoms with Crippen molar-refractivity contribution in [3.63, 3.8) is 0 Å². The maximum Gasteiger partial charge on any atom is 0.269 e. The van der Waals surface area contributed by atoms with Gasteiger partial charge in [-0.05, 0) is 42.5 Å². The molecule has 6 nitrogen and oxygen atoms in total. The van der Waals surface area contributed by atoms with Crippen molar-refractivity contribution in [2.45, 2.75) is 33.7 Å². The van der Waals surface area contributed by atoms with Crippen molar-refractivity contribution in [3.8, 4) is 0 Å². The van der Waals surface area contributed by atoms with Crippen molar-refractivity contribution < 1.29 is 9.18 Å². The number of H-pyrrole nitrogens is 1. The van der Waals surface area contributed by atoms with E-state index < -0.39 is 0 Å². The predicted octanol–water partition coefficient (Wildman–Crippen LogP) is 2.26. The Morgan fingerprint density at radius 2 is 2.04 bits per heavy atom. The molecule has 1 aromatic carbocycles. The Balaban J connectivity index is 1.75. The summed E-state index contributed by atoms with van der Waals surface area (Å²) in [6.45, 7) is 7.79. The lowest BCUT2D eigenvalue weighted by Gasteiger charge is -2.36. The number of amides is 1. The van der Waals surface area contributed by atoms with Crippen molar-refractivity contribution in [2.75, 3.05) is 24.5 Å². The minimum absolute atomic E-state index is 0.0132. The summed E-state index contributed by atoms with van der Waals surface area (Å²) in [5.41, 5.74) is 2.99. The van der Waals surface area contributed by atoms with E-state index in [-0.39, 0.29) is 23.8 Å². The van der Waals surface area contributed by atoms with Crippen LogP contribution in [0.1, 0.15) is 30.5 Å². The fraction of sp³-hybridized carbons (Fsp3) is 0.450. The van der Waals surface area contributed by atoms with E-state index in [1.54, 1.807) is 17.2 Å². The zero-order valence-corrected chi connectivity index (χ0v) is 16.0. The maximum absolute atomic E-state index is 13.3. The van der Waals surface area contributed by atoms with Gasteiger partial charge in [0.25, 0.3) is 5.56 Å². The third-order valence-electron chi connectivity index (χ3n) is 4.87. The Hall–Kier alpha value is -2.70. The number of anilines is 1. The second kappa shape index (κ2) is 7.90. The van der Waals surface area contributed by atoms with Crippen LogP contribution in [0.15, 0.2) is 29.2 Å². The number of nitrogens with zero attached hydrogens (tertiary/aromatic N) is 3. The van der Waals surface area contributed by atoms with Gasteiger partial charge in [0.05, 0.1) is 18.4 Å². The van der Waals surface area contributed by atoms with Gasteiger partial charge >= 0.3 is 0 Å². The number of piperazine rings is 1. The molecule has 0 spiro atoms. The molecule has 1 aromatic heterocycles. The number of aryl methyl sites for hydroxylation is 1. The highest BCUT2D eigenvalue weighted by molar-refractivity contribution is 5.83. The van der Waals surface area contributed by atoms with Crippen LogP contribution in [-0.4, -0.2) is 40.6 Å². The Morgan fingerprint density at radius 1 is 1.26 bits per heavy atom. The fourth-order valence-corrected chi connectivity index (χ4v) is 3.42. The number of aromatic nitrogens is 2. The molecule has 27 heavy (non-hydrogen) atoms. The van der Waals surface area contributed by atoms with E-state index >= 15 is 0 Å². The monoisotopic (exact) mass is 372 g/mol. The second-order valence-corrected chi connectivity index (χ2v) is 7.47. The van der Waals surface area contributed by atoms with Gasteiger partial charge in [-0.3, -0.25) is 9.59 Å². The van der Waals surface area contributed by atoms with E-state index in [2.05, 4.69) is 24.0 Å². The molecular formula is C20H25FN4O2. The van der Waals surface area contributed by atoms with Gasteiger partial charge in [0.1, 0.15) is 5.82 Å². The van der Waals surface area contributed by atoms with E-state index in [1.807, 2.05) is 11.8 Å². The number of rotatable bonds is 5. The van der Waals surface area contributed by atoms with E-state index in [9.17, 15) is 14.0 Å². The highest BCUT2D eigenvalue weighted by atomic mass is 19.1. The lowest BCUT2D eigenvalue weighted by atomic mass is 10.0. The van der Waals surface area contributed by atoms with Crippen LogP contribution in [0, 0.1) is 18.7 Å². The SMILES string of the molecule is Cc1cc(F)ccc1CN1CCN(c2cn[nH]c(=O)c2CC(C)C)CC1=O. The van der Waals surface area contributed by atoms with Gasteiger partial charge in [-0.2, -0.15) is 5.10 Å². The quantitative estimate of drug-likeness (QED) is 0.874. The largest absolute Gasteiger partial charge is 0.359 e. The molecule has 0 radical (unpaired) electrons. The lowest BCUT2D eigenvalue weighted by Crippen LogP contribution is -2.50. The van der Waals surface area contributed by atoms with Crippen LogP contribution in [-0.2, 0) is 17.8 Å². The van der Waals surface area contributed by atoms with Crippen molar-refractivity contribution >= 4 is 11.6 Å². The van der Waals surface area contributed by atoms with Crippen LogP contribution in [0.3, 0.4) is 0 Å². The van der Waals surface area contributed by atoms with E-state index in [0.29, 0.717) is 37.5 Å². The zero-order chi connectivity index (χ0) is 19.6. The van der Waals surface area contributed by atoms with Crippen LogP contribution in [0.2, 0.25) is 0 Å². The van der Waals surface area contributed by atoms with Gasteiger partial charge in [0, 0.05) is 25.2 Å². The summed E-state index contributed by atoms with van der Waals surface area (Å²) in [6, 6.07) is 4.63. The topological polar surface area (TPSA) is 69.3 Å². The number of carbonyl (C=O) groups excluding carboxylic acids is 1. The van der Waals surface area contributed by atoms with E-state index in [0.717, 1.165) is 16.8 Å². The fourth-order valence-electron chi connectivity index (χ4n) is 3.42. The first-order chi connectivity index (χ1) is 12.8. The van der Waals surface area contributed by atoms with Gasteiger partial charge in [-0.15, -0.1) is 0 Å². The van der Waals surface area contributed by atoms with Crippen LogP contribution >= 0.6 is 0 Å². The molecule has 0 bridgehead atoms. The molecule has 0 unspecified atom stereocenters. The standard InChI is InChI=1S/C20H25FN4O2/c1-13(2)8-17-18(10-22-23-20(17)27)24-6-7-25(19(26)12-24)11-15-4-5-16(21)9-14(15)3/h4-5,9-10,13H,6-8,11-12H2,1-3H3,(H,23,27). The van der Waals surface area contributed by atoms with Crippen molar-refractivity contribution in [2.24, 2.45) is 5.92 Å². The summed E-state index contributed by atoms with van der Waals surface area (Å²) in [5, 5.41) is 6.41. The van der Waals surface area contributed by atoms with Gasteiger partial charge in [-0.25, -0.2) is 9.49 Å². The van der Waals surface area contributed by atoms with Crippen molar-refractivity contribution in [1.29, 1.82) is 0 Å². The minimum atomic E-state index is -0.271. The number of aromatic amines is 1. The molecule has 2 aromatic rings. The smallest absolute Gasteiger partial charge is 0.269 e. The van der Waals surface area contributed by atoms with Crippen molar-refractivity contribution in [1.82, 2.24) is 15.1 Å². The second-order valence-electron chi connectivity index (χ2n) is 7.47. The predicted molar refractivity (Wildman–Crippen MR) is 102 cm³/mol. The third-order valence-corrected chi connectivity index (χ3v) is 4.87. The first-order valence-electron chi connectivity index (χ1n) is 9.19. The minimum Gasteiger partial charge on any atom is -0.359 e. The maximum atomic E-state index is 13.3. The number of hydrogen-bond donors (Lipinski definition) is 1. The van der Waals surface area contributed by atoms with E-state index in [1.165, 1.54) is 12.1 Å². The normalized spacial score (nSPS) is 14.9. The Bertz CT molecular complexity index is 894. The highest BCUT2D eigenvalue weighted by Crippen LogP contribution is 2.22. The van der Waals surface area contributed by atoms with Crippen LogP contribution < -0.4 is 10.5 Å². The molecule has 144 valence electrons. The molecule has 0 aliphatic carbocycles. The Kier molecular flexibility index (Phi) is 5.58. The molecule has 0 atom stereocenters. The first kappa shape index (κ1) is 19.1. The number of nitrogens with one attached hydrogen (secondary N) is 1. The van der Waals surface area contributed by atoms with Crippen LogP contribution in [0.4, 0.5) is 10.1 Å².